The number of benzene rings is 1. The van der Waals surface area contributed by atoms with Gasteiger partial charge in [0.15, 0.2) is 0 Å². The zero-order valence-electron chi connectivity index (χ0n) is 12.1. The second kappa shape index (κ2) is 6.94. The summed E-state index contributed by atoms with van der Waals surface area (Å²) < 4.78 is 52.1. The highest BCUT2D eigenvalue weighted by atomic mass is 35.5. The Morgan fingerprint density at radius 3 is 2.54 bits per heavy atom. The van der Waals surface area contributed by atoms with Crippen molar-refractivity contribution in [3.05, 3.63) is 29.0 Å². The Bertz CT molecular complexity index is 653. The number of carboxylic acids is 1. The molecule has 0 radical (unpaired) electrons. The molecule has 5 nitrogen and oxygen atoms in total. The average molecular weight is 369 g/mol. The molecule has 10 heteroatoms. The number of hydrogen-bond donors (Lipinski definition) is 2. The number of rotatable bonds is 4. The standard InChI is InChI=1S/C14H13ClF4N2O3/c15-7-1-2-10(16)11(3-7)20-12(22)6-21-4-8(13(23)24)9(5-21)14(17,18)19/h1-3,8-9H,4-6H2,(H,20,22)(H,23,24)/t8-,9-/m1/s1. The number of nitrogens with one attached hydrogen (secondary N) is 1. The molecule has 1 aromatic carbocycles. The van der Waals surface area contributed by atoms with Crippen molar-refractivity contribution in [3.63, 3.8) is 0 Å². The molecule has 1 amide bonds. The van der Waals surface area contributed by atoms with E-state index in [2.05, 4.69) is 5.32 Å². The number of anilines is 1. The number of aliphatic carboxylic acids is 1. The fourth-order valence-corrected chi connectivity index (χ4v) is 2.75. The van der Waals surface area contributed by atoms with Gasteiger partial charge in [-0.05, 0) is 18.2 Å². The molecule has 132 valence electrons. The Labute approximate surface area is 139 Å². The van der Waals surface area contributed by atoms with Crippen LogP contribution >= 0.6 is 11.6 Å². The number of carbonyl (C=O) groups is 2. The maximum Gasteiger partial charge on any atom is 0.393 e. The molecule has 1 aliphatic rings. The zero-order chi connectivity index (χ0) is 18.1. The molecule has 0 aromatic heterocycles. The van der Waals surface area contributed by atoms with Crippen LogP contribution in [-0.4, -0.2) is 47.7 Å². The van der Waals surface area contributed by atoms with Gasteiger partial charge in [-0.3, -0.25) is 14.5 Å². The van der Waals surface area contributed by atoms with Crippen molar-refractivity contribution in [3.8, 4) is 0 Å². The van der Waals surface area contributed by atoms with Crippen LogP contribution in [0.1, 0.15) is 0 Å². The predicted molar refractivity (Wildman–Crippen MR) is 77.2 cm³/mol. The lowest BCUT2D eigenvalue weighted by Gasteiger charge is -2.18. The van der Waals surface area contributed by atoms with Crippen LogP contribution in [0, 0.1) is 17.7 Å². The number of carbonyl (C=O) groups excluding carboxylic acids is 1. The molecule has 0 saturated carbocycles. The molecule has 0 spiro atoms. The van der Waals surface area contributed by atoms with Crippen LogP contribution in [0.3, 0.4) is 0 Å². The Kier molecular flexibility index (Phi) is 5.34. The summed E-state index contributed by atoms with van der Waals surface area (Å²) in [5.74, 6) is -6.76. The Balaban J connectivity index is 2.02. The number of alkyl halides is 3. The van der Waals surface area contributed by atoms with E-state index in [0.717, 1.165) is 17.0 Å². The summed E-state index contributed by atoms with van der Waals surface area (Å²) in [6, 6.07) is 3.48. The van der Waals surface area contributed by atoms with Crippen molar-refractivity contribution in [2.45, 2.75) is 6.18 Å². The SMILES string of the molecule is O=C(CN1C[C@@H](C(F)(F)F)[C@H](C(=O)O)C1)Nc1cc(Cl)ccc1F. The minimum absolute atomic E-state index is 0.177. The largest absolute Gasteiger partial charge is 0.481 e. The third kappa shape index (κ3) is 4.35. The van der Waals surface area contributed by atoms with E-state index in [1.165, 1.54) is 6.07 Å². The van der Waals surface area contributed by atoms with E-state index < -0.39 is 55.3 Å². The summed E-state index contributed by atoms with van der Waals surface area (Å²) in [5.41, 5.74) is -0.200. The van der Waals surface area contributed by atoms with Crippen LogP contribution in [0.4, 0.5) is 23.2 Å². The van der Waals surface area contributed by atoms with Crippen molar-refractivity contribution in [1.29, 1.82) is 0 Å². The molecule has 1 heterocycles. The Morgan fingerprint density at radius 1 is 1.33 bits per heavy atom. The summed E-state index contributed by atoms with van der Waals surface area (Å²) in [6.07, 6.45) is -4.67. The summed E-state index contributed by atoms with van der Waals surface area (Å²) in [7, 11) is 0. The maximum atomic E-state index is 13.5. The molecule has 0 unspecified atom stereocenters. The number of halogens is 5. The summed E-state index contributed by atoms with van der Waals surface area (Å²) in [6.45, 7) is -1.50. The minimum Gasteiger partial charge on any atom is -0.481 e. The lowest BCUT2D eigenvalue weighted by molar-refractivity contribution is -0.188. The fraction of sp³-hybridized carbons (Fsp3) is 0.429. The van der Waals surface area contributed by atoms with E-state index in [0.29, 0.717) is 0 Å². The molecular formula is C14H13ClF4N2O3. The number of carboxylic acid groups (broad SMARTS) is 1. The van der Waals surface area contributed by atoms with Crippen LogP contribution in [0.2, 0.25) is 5.02 Å². The maximum absolute atomic E-state index is 13.5. The van der Waals surface area contributed by atoms with E-state index in [1.54, 1.807) is 0 Å². The third-order valence-electron chi connectivity index (χ3n) is 3.70. The first-order chi connectivity index (χ1) is 11.1. The van der Waals surface area contributed by atoms with Gasteiger partial charge in [0.25, 0.3) is 0 Å². The monoisotopic (exact) mass is 368 g/mol. The summed E-state index contributed by atoms with van der Waals surface area (Å²) in [4.78, 5) is 23.9. The lowest BCUT2D eigenvalue weighted by atomic mass is 9.96. The molecule has 2 atom stereocenters. The molecular weight excluding hydrogens is 356 g/mol. The van der Waals surface area contributed by atoms with E-state index in [4.69, 9.17) is 16.7 Å². The minimum atomic E-state index is -4.67. The molecule has 2 N–H and O–H groups in total. The van der Waals surface area contributed by atoms with Crippen molar-refractivity contribution in [1.82, 2.24) is 4.90 Å². The van der Waals surface area contributed by atoms with E-state index in [1.807, 2.05) is 0 Å². The van der Waals surface area contributed by atoms with Crippen molar-refractivity contribution in [2.75, 3.05) is 25.0 Å². The quantitative estimate of drug-likeness (QED) is 0.802. The van der Waals surface area contributed by atoms with Gasteiger partial charge in [0.1, 0.15) is 5.82 Å². The summed E-state index contributed by atoms with van der Waals surface area (Å²) >= 11 is 5.68. The topological polar surface area (TPSA) is 69.6 Å². The normalized spacial score (nSPS) is 21.7. The molecule has 0 bridgehead atoms. The van der Waals surface area contributed by atoms with Gasteiger partial charge in [0, 0.05) is 18.1 Å². The van der Waals surface area contributed by atoms with Gasteiger partial charge in [-0.1, -0.05) is 11.6 Å². The highest BCUT2D eigenvalue weighted by Gasteiger charge is 2.52. The average Bonchev–Trinajstić information content (AvgIpc) is 2.87. The second-order valence-electron chi connectivity index (χ2n) is 5.46. The number of amides is 1. The molecule has 1 saturated heterocycles. The summed E-state index contributed by atoms with van der Waals surface area (Å²) in [5, 5.41) is 11.3. The predicted octanol–water partition coefficient (Wildman–Crippen LogP) is 2.61. The van der Waals surface area contributed by atoms with Crippen LogP contribution in [-0.2, 0) is 9.59 Å². The first-order valence-corrected chi connectivity index (χ1v) is 7.22. The highest BCUT2D eigenvalue weighted by molar-refractivity contribution is 6.30. The van der Waals surface area contributed by atoms with Crippen LogP contribution in [0.25, 0.3) is 0 Å². The highest BCUT2D eigenvalue weighted by Crippen LogP contribution is 2.37. The van der Waals surface area contributed by atoms with Crippen molar-refractivity contribution in [2.24, 2.45) is 11.8 Å². The first-order valence-electron chi connectivity index (χ1n) is 6.84. The van der Waals surface area contributed by atoms with Gasteiger partial charge in [-0.2, -0.15) is 13.2 Å². The number of hydrogen-bond acceptors (Lipinski definition) is 3. The van der Waals surface area contributed by atoms with E-state index >= 15 is 0 Å². The molecule has 1 aliphatic heterocycles. The van der Waals surface area contributed by atoms with Crippen LogP contribution in [0.15, 0.2) is 18.2 Å². The van der Waals surface area contributed by atoms with Crippen molar-refractivity contribution >= 4 is 29.2 Å². The molecule has 0 aliphatic carbocycles. The number of nitrogens with zero attached hydrogens (tertiary/aromatic N) is 1. The zero-order valence-corrected chi connectivity index (χ0v) is 12.9. The van der Waals surface area contributed by atoms with E-state index in [9.17, 15) is 27.2 Å². The van der Waals surface area contributed by atoms with Gasteiger partial charge in [-0.15, -0.1) is 0 Å². The molecule has 24 heavy (non-hydrogen) atoms. The third-order valence-corrected chi connectivity index (χ3v) is 3.94. The van der Waals surface area contributed by atoms with Gasteiger partial charge >= 0.3 is 12.1 Å². The Hall–Kier alpha value is -1.87. The van der Waals surface area contributed by atoms with Crippen LogP contribution < -0.4 is 5.32 Å². The number of likely N-dealkylation sites (tertiary alicyclic amines) is 1. The lowest BCUT2D eigenvalue weighted by Crippen LogP contribution is -2.34. The van der Waals surface area contributed by atoms with Gasteiger partial charge < -0.3 is 10.4 Å². The second-order valence-corrected chi connectivity index (χ2v) is 5.90. The van der Waals surface area contributed by atoms with Gasteiger partial charge in [-0.25, -0.2) is 4.39 Å². The first kappa shape index (κ1) is 18.5. The molecule has 2 rings (SSSR count). The van der Waals surface area contributed by atoms with E-state index in [-0.39, 0.29) is 10.7 Å². The van der Waals surface area contributed by atoms with Gasteiger partial charge in [0.05, 0.1) is 24.1 Å². The smallest absolute Gasteiger partial charge is 0.393 e. The van der Waals surface area contributed by atoms with Gasteiger partial charge in [0.2, 0.25) is 5.91 Å². The van der Waals surface area contributed by atoms with Crippen LogP contribution in [0.5, 0.6) is 0 Å². The molecule has 1 aromatic rings. The fourth-order valence-electron chi connectivity index (χ4n) is 2.58. The molecule has 1 fully saturated rings. The van der Waals surface area contributed by atoms with Crippen molar-refractivity contribution < 1.29 is 32.3 Å². The Morgan fingerprint density at radius 2 is 2.00 bits per heavy atom.